The van der Waals surface area contributed by atoms with Crippen molar-refractivity contribution < 1.29 is 8.42 Å². The quantitative estimate of drug-likeness (QED) is 0.784. The van der Waals surface area contributed by atoms with Gasteiger partial charge in [-0.25, -0.2) is 18.1 Å². The highest BCUT2D eigenvalue weighted by Crippen LogP contribution is 2.31. The number of hydrogen-bond donors (Lipinski definition) is 3. The molecule has 0 spiro atoms. The first-order valence-electron chi connectivity index (χ1n) is 7.93. The third-order valence-corrected chi connectivity index (χ3v) is 5.74. The van der Waals surface area contributed by atoms with E-state index in [1.807, 2.05) is 6.07 Å². The first-order valence-corrected chi connectivity index (χ1v) is 9.41. The molecule has 23 heavy (non-hydrogen) atoms. The van der Waals surface area contributed by atoms with Crippen molar-refractivity contribution in [2.75, 3.05) is 12.4 Å². The SMILES string of the molecule is CNS(=O)(=O)c1ccc(NC2CCCCC2)c(-c2cnc[nH]2)c1. The minimum atomic E-state index is -3.47. The number of H-pyrrole nitrogens is 1. The van der Waals surface area contributed by atoms with Crippen LogP contribution >= 0.6 is 0 Å². The monoisotopic (exact) mass is 334 g/mol. The van der Waals surface area contributed by atoms with Crippen LogP contribution in [0.15, 0.2) is 35.6 Å². The minimum Gasteiger partial charge on any atom is -0.382 e. The van der Waals surface area contributed by atoms with Gasteiger partial charge in [0.1, 0.15) is 0 Å². The molecule has 1 saturated carbocycles. The van der Waals surface area contributed by atoms with Crippen molar-refractivity contribution in [2.45, 2.75) is 43.0 Å². The largest absolute Gasteiger partial charge is 0.382 e. The number of imidazole rings is 1. The molecular weight excluding hydrogens is 312 g/mol. The molecule has 1 aromatic carbocycles. The number of hydrogen-bond acceptors (Lipinski definition) is 4. The Kier molecular flexibility index (Phi) is 4.68. The summed E-state index contributed by atoms with van der Waals surface area (Å²) >= 11 is 0. The predicted octanol–water partition coefficient (Wildman–Crippen LogP) is 2.73. The number of benzene rings is 1. The molecular formula is C16H22N4O2S. The number of aromatic nitrogens is 2. The Balaban J connectivity index is 1.98. The first kappa shape index (κ1) is 16.0. The van der Waals surface area contributed by atoms with Crippen molar-refractivity contribution in [3.63, 3.8) is 0 Å². The van der Waals surface area contributed by atoms with Gasteiger partial charge in [0.25, 0.3) is 0 Å². The van der Waals surface area contributed by atoms with Crippen molar-refractivity contribution in [2.24, 2.45) is 0 Å². The molecule has 0 unspecified atom stereocenters. The lowest BCUT2D eigenvalue weighted by Crippen LogP contribution is -2.23. The Hall–Kier alpha value is -1.86. The third kappa shape index (κ3) is 3.56. The van der Waals surface area contributed by atoms with Gasteiger partial charge < -0.3 is 10.3 Å². The maximum Gasteiger partial charge on any atom is 0.240 e. The van der Waals surface area contributed by atoms with Crippen LogP contribution in [0.4, 0.5) is 5.69 Å². The van der Waals surface area contributed by atoms with Crippen LogP contribution in [-0.2, 0) is 10.0 Å². The van der Waals surface area contributed by atoms with Crippen LogP contribution in [0, 0.1) is 0 Å². The summed E-state index contributed by atoms with van der Waals surface area (Å²) in [6.45, 7) is 0. The highest BCUT2D eigenvalue weighted by atomic mass is 32.2. The average Bonchev–Trinajstić information content (AvgIpc) is 3.10. The van der Waals surface area contributed by atoms with Crippen LogP contribution in [0.1, 0.15) is 32.1 Å². The summed E-state index contributed by atoms with van der Waals surface area (Å²) in [6, 6.07) is 5.60. The van der Waals surface area contributed by atoms with Crippen molar-refractivity contribution in [1.82, 2.24) is 14.7 Å². The van der Waals surface area contributed by atoms with E-state index in [2.05, 4.69) is 20.0 Å². The van der Waals surface area contributed by atoms with E-state index in [1.54, 1.807) is 24.7 Å². The van der Waals surface area contributed by atoms with Gasteiger partial charge >= 0.3 is 0 Å². The van der Waals surface area contributed by atoms with Gasteiger partial charge in [-0.3, -0.25) is 0 Å². The summed E-state index contributed by atoms with van der Waals surface area (Å²) < 4.78 is 26.5. The molecule has 0 bridgehead atoms. The van der Waals surface area contributed by atoms with E-state index in [4.69, 9.17) is 0 Å². The zero-order valence-electron chi connectivity index (χ0n) is 13.2. The molecule has 3 N–H and O–H groups in total. The van der Waals surface area contributed by atoms with Gasteiger partial charge in [0.15, 0.2) is 0 Å². The maximum atomic E-state index is 12.1. The second kappa shape index (κ2) is 6.72. The highest BCUT2D eigenvalue weighted by molar-refractivity contribution is 7.89. The van der Waals surface area contributed by atoms with E-state index in [-0.39, 0.29) is 4.90 Å². The first-order chi connectivity index (χ1) is 11.1. The minimum absolute atomic E-state index is 0.249. The molecule has 0 aliphatic heterocycles. The van der Waals surface area contributed by atoms with E-state index < -0.39 is 10.0 Å². The number of rotatable bonds is 5. The fourth-order valence-electron chi connectivity index (χ4n) is 3.03. The van der Waals surface area contributed by atoms with E-state index in [0.717, 1.165) is 29.8 Å². The summed E-state index contributed by atoms with van der Waals surface area (Å²) in [5, 5.41) is 3.57. The van der Waals surface area contributed by atoms with Crippen LogP contribution in [-0.4, -0.2) is 31.5 Å². The van der Waals surface area contributed by atoms with Gasteiger partial charge in [0, 0.05) is 17.3 Å². The Morgan fingerprint density at radius 3 is 2.65 bits per heavy atom. The average molecular weight is 334 g/mol. The Labute approximate surface area is 136 Å². The van der Waals surface area contributed by atoms with E-state index >= 15 is 0 Å². The summed E-state index contributed by atoms with van der Waals surface area (Å²) in [5.74, 6) is 0. The van der Waals surface area contributed by atoms with Crippen molar-refractivity contribution in [3.8, 4) is 11.3 Å². The molecule has 3 rings (SSSR count). The second-order valence-corrected chi connectivity index (χ2v) is 7.75. The topological polar surface area (TPSA) is 86.9 Å². The molecule has 7 heteroatoms. The number of nitrogens with one attached hydrogen (secondary N) is 3. The summed E-state index contributed by atoms with van der Waals surface area (Å²) in [6.07, 6.45) is 9.38. The molecule has 6 nitrogen and oxygen atoms in total. The fourth-order valence-corrected chi connectivity index (χ4v) is 3.78. The summed E-state index contributed by atoms with van der Waals surface area (Å²) in [5.41, 5.74) is 2.57. The second-order valence-electron chi connectivity index (χ2n) is 5.86. The molecule has 1 aliphatic carbocycles. The van der Waals surface area contributed by atoms with Gasteiger partial charge in [-0.1, -0.05) is 19.3 Å². The van der Waals surface area contributed by atoms with Crippen LogP contribution in [0.5, 0.6) is 0 Å². The van der Waals surface area contributed by atoms with E-state index in [1.165, 1.54) is 26.3 Å². The van der Waals surface area contributed by atoms with E-state index in [9.17, 15) is 8.42 Å². The lowest BCUT2D eigenvalue weighted by atomic mass is 9.95. The third-order valence-electron chi connectivity index (χ3n) is 4.32. The Morgan fingerprint density at radius 1 is 1.22 bits per heavy atom. The molecule has 0 radical (unpaired) electrons. The van der Waals surface area contributed by atoms with Crippen molar-refractivity contribution in [1.29, 1.82) is 0 Å². The molecule has 0 atom stereocenters. The van der Waals surface area contributed by atoms with Crippen molar-refractivity contribution in [3.05, 3.63) is 30.7 Å². The standard InChI is InChI=1S/C16H22N4O2S/c1-17-23(21,22)13-7-8-15(20-12-5-3-2-4-6-12)14(9-13)16-10-18-11-19-16/h7-12,17,20H,2-6H2,1H3,(H,18,19). The van der Waals surface area contributed by atoms with Crippen LogP contribution in [0.3, 0.4) is 0 Å². The lowest BCUT2D eigenvalue weighted by molar-refractivity contribution is 0.463. The molecule has 2 aromatic rings. The molecule has 1 aliphatic rings. The summed E-state index contributed by atoms with van der Waals surface area (Å²) in [7, 11) is -2.06. The van der Waals surface area contributed by atoms with Crippen molar-refractivity contribution >= 4 is 15.7 Å². The Bertz CT molecular complexity index is 750. The zero-order chi connectivity index (χ0) is 16.3. The molecule has 1 fully saturated rings. The number of nitrogens with zero attached hydrogens (tertiary/aromatic N) is 1. The molecule has 124 valence electrons. The number of sulfonamides is 1. The van der Waals surface area contributed by atoms with Gasteiger partial charge in [-0.05, 0) is 38.1 Å². The molecule has 0 amide bonds. The summed E-state index contributed by atoms with van der Waals surface area (Å²) in [4.78, 5) is 7.36. The maximum absolute atomic E-state index is 12.1. The van der Waals surface area contributed by atoms with Crippen LogP contribution in [0.2, 0.25) is 0 Å². The molecule has 0 saturated heterocycles. The van der Waals surface area contributed by atoms with Gasteiger partial charge in [-0.15, -0.1) is 0 Å². The normalized spacial score (nSPS) is 16.4. The van der Waals surface area contributed by atoms with Crippen LogP contribution in [0.25, 0.3) is 11.3 Å². The number of aromatic amines is 1. The predicted molar refractivity (Wildman–Crippen MR) is 90.8 cm³/mol. The van der Waals surface area contributed by atoms with E-state index in [0.29, 0.717) is 6.04 Å². The molecule has 1 heterocycles. The van der Waals surface area contributed by atoms with Gasteiger partial charge in [-0.2, -0.15) is 0 Å². The highest BCUT2D eigenvalue weighted by Gasteiger charge is 2.18. The fraction of sp³-hybridized carbons (Fsp3) is 0.438. The Morgan fingerprint density at radius 2 is 2.00 bits per heavy atom. The number of anilines is 1. The van der Waals surface area contributed by atoms with Gasteiger partial charge in [0.2, 0.25) is 10.0 Å². The molecule has 1 aromatic heterocycles. The van der Waals surface area contributed by atoms with Gasteiger partial charge in [0.05, 0.1) is 23.1 Å². The lowest BCUT2D eigenvalue weighted by Gasteiger charge is -2.25. The van der Waals surface area contributed by atoms with Crippen LogP contribution < -0.4 is 10.0 Å². The smallest absolute Gasteiger partial charge is 0.240 e. The zero-order valence-corrected chi connectivity index (χ0v) is 14.0.